The highest BCUT2D eigenvalue weighted by Crippen LogP contribution is 2.31. The van der Waals surface area contributed by atoms with Crippen molar-refractivity contribution in [3.05, 3.63) is 88.9 Å². The number of nitrogens with zero attached hydrogens (tertiary/aromatic N) is 4. The molecule has 5 rings (SSSR count). The number of fused-ring (bicyclic) bond motifs is 1. The molecule has 6 nitrogen and oxygen atoms in total. The molecule has 0 amide bonds. The van der Waals surface area contributed by atoms with E-state index in [4.69, 9.17) is 0 Å². The van der Waals surface area contributed by atoms with E-state index < -0.39 is 0 Å². The second kappa shape index (κ2) is 11.0. The second-order valence-electron chi connectivity index (χ2n) is 10.1. The number of likely N-dealkylation sites (tertiary alicyclic amines) is 1. The van der Waals surface area contributed by atoms with Gasteiger partial charge >= 0.3 is 0 Å². The zero-order valence-corrected chi connectivity index (χ0v) is 21.8. The lowest BCUT2D eigenvalue weighted by molar-refractivity contribution is 0.140. The van der Waals surface area contributed by atoms with Crippen LogP contribution in [0.15, 0.2) is 61.1 Å². The smallest absolute Gasteiger partial charge is 0.103 e. The molecule has 2 aromatic heterocycles. The molecule has 3 heterocycles. The summed E-state index contributed by atoms with van der Waals surface area (Å²) >= 11 is 0. The summed E-state index contributed by atoms with van der Waals surface area (Å²) in [5.74, 6) is 0. The van der Waals surface area contributed by atoms with Crippen molar-refractivity contribution in [2.24, 2.45) is 0 Å². The first-order chi connectivity index (χ1) is 18.0. The van der Waals surface area contributed by atoms with E-state index in [2.05, 4.69) is 94.6 Å². The monoisotopic (exact) mass is 490 g/mol. The Morgan fingerprint density at radius 3 is 2.59 bits per heavy atom. The van der Waals surface area contributed by atoms with Gasteiger partial charge in [-0.3, -0.25) is 9.88 Å². The van der Waals surface area contributed by atoms with Crippen molar-refractivity contribution in [1.82, 2.24) is 19.8 Å². The molecule has 1 saturated heterocycles. The average molecular weight is 491 g/mol. The van der Waals surface area contributed by atoms with Crippen LogP contribution in [0.3, 0.4) is 0 Å². The van der Waals surface area contributed by atoms with Crippen LogP contribution >= 0.6 is 0 Å². The number of pyridine rings is 1. The minimum absolute atomic E-state index is 0.518. The number of rotatable bonds is 7. The number of benzene rings is 2. The van der Waals surface area contributed by atoms with Gasteiger partial charge in [-0.1, -0.05) is 36.4 Å². The number of hydrogen-bond donors (Lipinski definition) is 2. The fraction of sp³-hybridized carbons (Fsp3) is 0.290. The number of H-pyrrole nitrogens is 1. The summed E-state index contributed by atoms with van der Waals surface area (Å²) in [5, 5.41) is 14.4. The van der Waals surface area contributed by atoms with Gasteiger partial charge in [-0.25, -0.2) is 0 Å². The molecule has 0 spiro atoms. The van der Waals surface area contributed by atoms with Gasteiger partial charge in [0, 0.05) is 53.3 Å². The third-order valence-electron chi connectivity index (χ3n) is 7.49. The molecule has 0 saturated carbocycles. The van der Waals surface area contributed by atoms with Crippen LogP contribution in [0.1, 0.15) is 40.7 Å². The third kappa shape index (κ3) is 5.59. The molecule has 0 aliphatic carbocycles. The molecule has 37 heavy (non-hydrogen) atoms. The molecule has 188 valence electrons. The van der Waals surface area contributed by atoms with Crippen LogP contribution in [-0.2, 0) is 6.54 Å². The molecule has 1 aliphatic rings. The normalized spacial score (nSPS) is 15.0. The van der Waals surface area contributed by atoms with Crippen LogP contribution in [-0.4, -0.2) is 53.0 Å². The minimum atomic E-state index is 0.518. The number of aromatic nitrogens is 2. The van der Waals surface area contributed by atoms with Gasteiger partial charge in [0.1, 0.15) is 6.07 Å². The van der Waals surface area contributed by atoms with Gasteiger partial charge in [0.2, 0.25) is 0 Å². The van der Waals surface area contributed by atoms with Gasteiger partial charge in [-0.15, -0.1) is 0 Å². The lowest BCUT2D eigenvalue weighted by Gasteiger charge is -2.35. The molecule has 0 atom stereocenters. The summed E-state index contributed by atoms with van der Waals surface area (Å²) in [6.07, 6.45) is 11.9. The third-order valence-corrected chi connectivity index (χ3v) is 7.49. The minimum Gasteiger partial charge on any atom is -0.361 e. The molecule has 0 bridgehead atoms. The Bertz CT molecular complexity index is 1430. The highest BCUT2D eigenvalue weighted by molar-refractivity contribution is 5.90. The number of anilines is 2. The van der Waals surface area contributed by atoms with Gasteiger partial charge in [0.05, 0.1) is 11.3 Å². The van der Waals surface area contributed by atoms with E-state index >= 15 is 0 Å². The SMILES string of the molecule is Cc1c(Nc2c(C#N)cncc2C=Cc2ccc(CN3CCC(N(C)C)CC3)cc2)ccc2[nH]ccc12. The lowest BCUT2D eigenvalue weighted by atomic mass is 10.0. The van der Waals surface area contributed by atoms with Crippen molar-refractivity contribution in [2.45, 2.75) is 32.4 Å². The number of nitrogens with one attached hydrogen (secondary N) is 2. The molecular weight excluding hydrogens is 456 g/mol. The molecule has 2 aromatic carbocycles. The predicted octanol–water partition coefficient (Wildman–Crippen LogP) is 6.18. The first-order valence-electron chi connectivity index (χ1n) is 12.9. The van der Waals surface area contributed by atoms with Gasteiger partial charge in [-0.05, 0) is 81.8 Å². The number of hydrogen-bond acceptors (Lipinski definition) is 5. The largest absolute Gasteiger partial charge is 0.361 e. The number of aryl methyl sites for hydroxylation is 1. The molecule has 1 fully saturated rings. The topological polar surface area (TPSA) is 71.0 Å². The summed E-state index contributed by atoms with van der Waals surface area (Å²) in [7, 11) is 4.36. The fourth-order valence-electron chi connectivity index (χ4n) is 5.15. The fourth-order valence-corrected chi connectivity index (χ4v) is 5.15. The summed E-state index contributed by atoms with van der Waals surface area (Å²) < 4.78 is 0. The van der Waals surface area contributed by atoms with Crippen molar-refractivity contribution in [3.8, 4) is 6.07 Å². The van der Waals surface area contributed by atoms with E-state index in [-0.39, 0.29) is 0 Å². The van der Waals surface area contributed by atoms with E-state index in [9.17, 15) is 5.26 Å². The summed E-state index contributed by atoms with van der Waals surface area (Å²) in [6, 6.07) is 17.9. The van der Waals surface area contributed by atoms with Crippen molar-refractivity contribution >= 4 is 34.4 Å². The van der Waals surface area contributed by atoms with Crippen LogP contribution in [0, 0.1) is 18.3 Å². The molecule has 0 unspecified atom stereocenters. The van der Waals surface area contributed by atoms with Gasteiger partial charge in [0.25, 0.3) is 0 Å². The lowest BCUT2D eigenvalue weighted by Crippen LogP contribution is -2.41. The molecule has 1 aliphatic heterocycles. The van der Waals surface area contributed by atoms with Crippen LogP contribution in [0.25, 0.3) is 23.1 Å². The standard InChI is InChI=1S/C31H34N6/c1-22-28-12-15-34-30(28)11-10-29(22)35-31-25(19-33-20-26(31)18-32)9-8-23-4-6-24(7-5-23)21-37-16-13-27(14-17-37)36(2)3/h4-12,15,19-20,27,34H,13-14,16-17,21H2,1-3H3,(H,33,35). The number of piperidine rings is 1. The van der Waals surface area contributed by atoms with E-state index in [0.717, 1.165) is 58.6 Å². The molecule has 2 N–H and O–H groups in total. The quantitative estimate of drug-likeness (QED) is 0.324. The molecule has 6 heteroatoms. The Kier molecular flexibility index (Phi) is 7.36. The highest BCUT2D eigenvalue weighted by Gasteiger charge is 2.20. The molecule has 0 radical (unpaired) electrons. The van der Waals surface area contributed by atoms with E-state index in [1.54, 1.807) is 12.4 Å². The van der Waals surface area contributed by atoms with Crippen LogP contribution in [0.4, 0.5) is 11.4 Å². The van der Waals surface area contributed by atoms with Crippen molar-refractivity contribution in [2.75, 3.05) is 32.5 Å². The predicted molar refractivity (Wildman–Crippen MR) is 153 cm³/mol. The summed E-state index contributed by atoms with van der Waals surface area (Å²) in [5.41, 5.74) is 7.83. The van der Waals surface area contributed by atoms with E-state index in [1.165, 1.54) is 18.4 Å². The Balaban J connectivity index is 1.30. The molecular formula is C31H34N6. The summed E-state index contributed by atoms with van der Waals surface area (Å²) in [6.45, 7) is 5.39. The number of nitriles is 1. The first-order valence-corrected chi connectivity index (χ1v) is 12.9. The van der Waals surface area contributed by atoms with Crippen molar-refractivity contribution in [3.63, 3.8) is 0 Å². The number of aromatic amines is 1. The first kappa shape index (κ1) is 24.8. The Labute approximate surface area is 219 Å². The zero-order chi connectivity index (χ0) is 25.8. The maximum atomic E-state index is 9.76. The zero-order valence-electron chi connectivity index (χ0n) is 21.8. The average Bonchev–Trinajstić information content (AvgIpc) is 3.40. The van der Waals surface area contributed by atoms with Crippen molar-refractivity contribution in [1.29, 1.82) is 5.26 Å². The van der Waals surface area contributed by atoms with Gasteiger partial charge in [-0.2, -0.15) is 5.26 Å². The second-order valence-corrected chi connectivity index (χ2v) is 10.1. The Morgan fingerprint density at radius 1 is 1.08 bits per heavy atom. The van der Waals surface area contributed by atoms with Gasteiger partial charge in [0.15, 0.2) is 0 Å². The van der Waals surface area contributed by atoms with Crippen molar-refractivity contribution < 1.29 is 0 Å². The highest BCUT2D eigenvalue weighted by atomic mass is 15.2. The maximum absolute atomic E-state index is 9.76. The van der Waals surface area contributed by atoms with Crippen LogP contribution in [0.2, 0.25) is 0 Å². The van der Waals surface area contributed by atoms with E-state index in [0.29, 0.717) is 11.6 Å². The van der Waals surface area contributed by atoms with Gasteiger partial charge < -0.3 is 15.2 Å². The molecule has 4 aromatic rings. The summed E-state index contributed by atoms with van der Waals surface area (Å²) in [4.78, 5) is 12.5. The van der Waals surface area contributed by atoms with E-state index in [1.807, 2.05) is 18.3 Å². The maximum Gasteiger partial charge on any atom is 0.103 e. The Morgan fingerprint density at radius 2 is 1.86 bits per heavy atom. The van der Waals surface area contributed by atoms with Crippen LogP contribution < -0.4 is 5.32 Å². The van der Waals surface area contributed by atoms with Crippen LogP contribution in [0.5, 0.6) is 0 Å². The Hall–Kier alpha value is -3.92.